The average molecular weight is 479 g/mol. The second-order valence-corrected chi connectivity index (χ2v) is 7.90. The molecule has 0 aliphatic carbocycles. The number of hydrogen-bond donors (Lipinski definition) is 2. The molecule has 0 aromatic heterocycles. The number of benzene rings is 1. The van der Waals surface area contributed by atoms with Crippen LogP contribution in [0.2, 0.25) is 0 Å². The Kier molecular flexibility index (Phi) is 11.2. The van der Waals surface area contributed by atoms with Crippen LogP contribution >= 0.6 is 0 Å². The third-order valence-corrected chi connectivity index (χ3v) is 5.33. The molecular formula is C24H34N2O8. The minimum absolute atomic E-state index is 0.129. The molecule has 0 bridgehead atoms. The number of carbonyl (C=O) groups is 3. The molecular weight excluding hydrogens is 444 g/mol. The molecule has 10 nitrogen and oxygen atoms in total. The van der Waals surface area contributed by atoms with Crippen LogP contribution in [0.4, 0.5) is 5.69 Å². The van der Waals surface area contributed by atoms with Gasteiger partial charge in [-0.25, -0.2) is 0 Å². The SMILES string of the molecule is C=CCONc1cc(OCCCCCC(=O)O)c(OC)cc1C(=O)N1CCC[C@H]1COC(C)=O. The normalized spacial score (nSPS) is 15.0. The van der Waals surface area contributed by atoms with Gasteiger partial charge in [-0.2, -0.15) is 0 Å². The predicted molar refractivity (Wildman–Crippen MR) is 125 cm³/mol. The highest BCUT2D eigenvalue weighted by Crippen LogP contribution is 2.35. The van der Waals surface area contributed by atoms with Gasteiger partial charge >= 0.3 is 11.9 Å². The van der Waals surface area contributed by atoms with E-state index in [1.807, 2.05) is 0 Å². The van der Waals surface area contributed by atoms with E-state index < -0.39 is 5.97 Å². The van der Waals surface area contributed by atoms with Crippen LogP contribution in [0.3, 0.4) is 0 Å². The number of carboxylic acids is 1. The number of rotatable bonds is 15. The van der Waals surface area contributed by atoms with E-state index >= 15 is 0 Å². The summed E-state index contributed by atoms with van der Waals surface area (Å²) in [5.41, 5.74) is 3.54. The van der Waals surface area contributed by atoms with Gasteiger partial charge in [-0.05, 0) is 38.2 Å². The van der Waals surface area contributed by atoms with Crippen LogP contribution in [-0.4, -0.2) is 67.4 Å². The second kappa shape index (κ2) is 14.1. The highest BCUT2D eigenvalue weighted by atomic mass is 16.6. The number of aliphatic carboxylic acids is 1. The Morgan fingerprint density at radius 1 is 1.24 bits per heavy atom. The molecule has 1 atom stereocenters. The number of hydrogen-bond acceptors (Lipinski definition) is 8. The maximum absolute atomic E-state index is 13.4. The van der Waals surface area contributed by atoms with Gasteiger partial charge in [0.15, 0.2) is 11.5 Å². The molecule has 34 heavy (non-hydrogen) atoms. The van der Waals surface area contributed by atoms with Gasteiger partial charge in [0.2, 0.25) is 0 Å². The van der Waals surface area contributed by atoms with Gasteiger partial charge in [-0.15, -0.1) is 6.58 Å². The van der Waals surface area contributed by atoms with E-state index in [9.17, 15) is 14.4 Å². The summed E-state index contributed by atoms with van der Waals surface area (Å²) in [6.07, 6.45) is 5.24. The van der Waals surface area contributed by atoms with E-state index in [0.29, 0.717) is 48.7 Å². The minimum atomic E-state index is -0.814. The first-order valence-electron chi connectivity index (χ1n) is 11.4. The summed E-state index contributed by atoms with van der Waals surface area (Å²) >= 11 is 0. The lowest BCUT2D eigenvalue weighted by Gasteiger charge is -2.26. The molecule has 1 aliphatic heterocycles. The molecule has 0 unspecified atom stereocenters. The Labute approximate surface area is 199 Å². The minimum Gasteiger partial charge on any atom is -0.493 e. The number of carboxylic acid groups (broad SMARTS) is 1. The smallest absolute Gasteiger partial charge is 0.303 e. The van der Waals surface area contributed by atoms with Gasteiger partial charge in [0.25, 0.3) is 5.91 Å². The zero-order valence-electron chi connectivity index (χ0n) is 19.8. The molecule has 1 saturated heterocycles. The van der Waals surface area contributed by atoms with Crippen molar-refractivity contribution in [1.29, 1.82) is 0 Å². The summed E-state index contributed by atoms with van der Waals surface area (Å²) in [5.74, 6) is -0.617. The molecule has 10 heteroatoms. The lowest BCUT2D eigenvalue weighted by Crippen LogP contribution is -2.39. The van der Waals surface area contributed by atoms with Crippen LogP contribution in [0.15, 0.2) is 24.8 Å². The van der Waals surface area contributed by atoms with E-state index in [4.69, 9.17) is 24.2 Å². The molecule has 0 saturated carbocycles. The van der Waals surface area contributed by atoms with Gasteiger partial charge < -0.3 is 24.2 Å². The number of amides is 1. The van der Waals surface area contributed by atoms with E-state index in [1.54, 1.807) is 23.1 Å². The van der Waals surface area contributed by atoms with E-state index in [-0.39, 0.29) is 37.6 Å². The van der Waals surface area contributed by atoms with E-state index in [0.717, 1.165) is 19.3 Å². The Morgan fingerprint density at radius 3 is 2.71 bits per heavy atom. The van der Waals surface area contributed by atoms with Crippen molar-refractivity contribution in [3.05, 3.63) is 30.4 Å². The third-order valence-electron chi connectivity index (χ3n) is 5.33. The number of nitrogens with zero attached hydrogens (tertiary/aromatic N) is 1. The zero-order valence-corrected chi connectivity index (χ0v) is 19.8. The van der Waals surface area contributed by atoms with Gasteiger partial charge in [0.05, 0.1) is 37.6 Å². The fourth-order valence-corrected chi connectivity index (χ4v) is 3.65. The number of anilines is 1. The number of ether oxygens (including phenoxy) is 3. The molecule has 1 amide bonds. The van der Waals surface area contributed by atoms with Crippen LogP contribution < -0.4 is 15.0 Å². The van der Waals surface area contributed by atoms with Gasteiger partial charge in [0.1, 0.15) is 6.61 Å². The second-order valence-electron chi connectivity index (χ2n) is 7.90. The summed E-state index contributed by atoms with van der Waals surface area (Å²) in [5, 5.41) is 8.73. The zero-order chi connectivity index (χ0) is 24.9. The van der Waals surface area contributed by atoms with Crippen molar-refractivity contribution >= 4 is 23.5 Å². The third kappa shape index (κ3) is 8.26. The monoisotopic (exact) mass is 478 g/mol. The molecule has 0 spiro atoms. The summed E-state index contributed by atoms with van der Waals surface area (Å²) in [6.45, 7) is 6.25. The van der Waals surface area contributed by atoms with Gasteiger partial charge in [0, 0.05) is 26.0 Å². The van der Waals surface area contributed by atoms with E-state index in [1.165, 1.54) is 14.0 Å². The highest BCUT2D eigenvalue weighted by Gasteiger charge is 2.32. The number of unbranched alkanes of at least 4 members (excludes halogenated alkanes) is 2. The number of esters is 1. The largest absolute Gasteiger partial charge is 0.493 e. The molecule has 188 valence electrons. The lowest BCUT2D eigenvalue weighted by molar-refractivity contribution is -0.142. The predicted octanol–water partition coefficient (Wildman–Crippen LogP) is 3.42. The molecule has 1 aliphatic rings. The molecule has 1 heterocycles. The Morgan fingerprint density at radius 2 is 2.03 bits per heavy atom. The van der Waals surface area contributed by atoms with Crippen LogP contribution in [0, 0.1) is 0 Å². The topological polar surface area (TPSA) is 124 Å². The summed E-state index contributed by atoms with van der Waals surface area (Å²) in [6, 6.07) is 3.04. The molecule has 0 radical (unpaired) electrons. The Hall–Kier alpha value is -3.27. The summed E-state index contributed by atoms with van der Waals surface area (Å²) in [7, 11) is 1.49. The van der Waals surface area contributed by atoms with Crippen molar-refractivity contribution in [2.75, 3.05) is 39.0 Å². The number of carbonyl (C=O) groups excluding carboxylic acids is 2. The first-order valence-corrected chi connectivity index (χ1v) is 11.4. The van der Waals surface area contributed by atoms with Crippen LogP contribution in [-0.2, 0) is 19.2 Å². The standard InChI is InChI=1S/C24H34N2O8/c1-4-12-34-25-20-15-22(32-13-7-5-6-10-23(28)29)21(31-3)14-19(20)24(30)26-11-8-9-18(26)16-33-17(2)27/h4,14-15,18,25H,1,5-13,16H2,2-3H3,(H,28,29)/t18-/m0/s1. The number of likely N-dealkylation sites (tertiary alicyclic amines) is 1. The fraction of sp³-hybridized carbons (Fsp3) is 0.542. The molecule has 1 aromatic rings. The Balaban J connectivity index is 2.18. The maximum atomic E-state index is 13.4. The van der Waals surface area contributed by atoms with E-state index in [2.05, 4.69) is 12.1 Å². The lowest BCUT2D eigenvalue weighted by atomic mass is 10.1. The fourth-order valence-electron chi connectivity index (χ4n) is 3.65. The quantitative estimate of drug-likeness (QED) is 0.169. The maximum Gasteiger partial charge on any atom is 0.303 e. The Bertz CT molecular complexity index is 858. The van der Waals surface area contributed by atoms with Crippen molar-refractivity contribution < 1.29 is 38.5 Å². The van der Waals surface area contributed by atoms with Crippen molar-refractivity contribution in [3.63, 3.8) is 0 Å². The van der Waals surface area contributed by atoms with Crippen molar-refractivity contribution in [1.82, 2.24) is 4.90 Å². The molecule has 2 rings (SSSR count). The first-order chi connectivity index (χ1) is 16.4. The van der Waals surface area contributed by atoms with Crippen molar-refractivity contribution in [2.24, 2.45) is 0 Å². The van der Waals surface area contributed by atoms with Crippen molar-refractivity contribution in [2.45, 2.75) is 51.5 Å². The summed E-state index contributed by atoms with van der Waals surface area (Å²) < 4.78 is 16.5. The highest BCUT2D eigenvalue weighted by molar-refractivity contribution is 6.00. The van der Waals surface area contributed by atoms with Crippen molar-refractivity contribution in [3.8, 4) is 11.5 Å². The molecule has 1 fully saturated rings. The van der Waals surface area contributed by atoms with Gasteiger partial charge in [-0.3, -0.25) is 24.7 Å². The molecule has 2 N–H and O–H groups in total. The number of methoxy groups -OCH3 is 1. The molecule has 1 aromatic carbocycles. The average Bonchev–Trinajstić information content (AvgIpc) is 3.28. The van der Waals surface area contributed by atoms with Crippen LogP contribution in [0.25, 0.3) is 0 Å². The first kappa shape index (κ1) is 27.0. The van der Waals surface area contributed by atoms with Gasteiger partial charge in [-0.1, -0.05) is 6.08 Å². The van der Waals surface area contributed by atoms with Crippen LogP contribution in [0.5, 0.6) is 11.5 Å². The summed E-state index contributed by atoms with van der Waals surface area (Å²) in [4.78, 5) is 42.4. The van der Waals surface area contributed by atoms with Crippen LogP contribution in [0.1, 0.15) is 55.8 Å². The number of nitrogens with one attached hydrogen (secondary N) is 1.